The average Bonchev–Trinajstić information content (AvgIpc) is 3.15. The molecule has 0 saturated carbocycles. The molecule has 0 rings (SSSR count). The Morgan fingerprint density at radius 2 is 0.484 bits per heavy atom. The summed E-state index contributed by atoms with van der Waals surface area (Å²) >= 11 is 0. The van der Waals surface area contributed by atoms with Crippen LogP contribution in [0.4, 0.5) is 0 Å². The van der Waals surface area contributed by atoms with Crippen molar-refractivity contribution in [2.24, 2.45) is 11.8 Å². The first-order valence-corrected chi connectivity index (χ1v) is 42.5. The second-order valence-corrected chi connectivity index (χ2v) is 31.3. The normalized spacial score (nSPS) is 14.0. The van der Waals surface area contributed by atoms with Crippen molar-refractivity contribution >= 4 is 39.5 Å². The van der Waals surface area contributed by atoms with Crippen LogP contribution >= 0.6 is 15.6 Å². The molecule has 0 aromatic heterocycles. The number of phosphoric acid groups is 2. The van der Waals surface area contributed by atoms with Gasteiger partial charge in [-0.1, -0.05) is 343 Å². The summed E-state index contributed by atoms with van der Waals surface area (Å²) in [6.07, 6.45) is 55.3. The highest BCUT2D eigenvalue weighted by molar-refractivity contribution is 7.47. The summed E-state index contributed by atoms with van der Waals surface area (Å²) < 4.78 is 68.6. The highest BCUT2D eigenvalue weighted by Gasteiger charge is 2.30. The molecule has 0 spiro atoms. The minimum atomic E-state index is -4.96. The van der Waals surface area contributed by atoms with Crippen LogP contribution in [0.2, 0.25) is 0 Å². The second kappa shape index (κ2) is 67.9. The molecule has 0 bridgehead atoms. The molecule has 0 aromatic rings. The number of esters is 4. The van der Waals surface area contributed by atoms with Crippen molar-refractivity contribution in [2.45, 2.75) is 413 Å². The molecule has 0 heterocycles. The summed E-state index contributed by atoms with van der Waals surface area (Å²) in [5.74, 6) is -0.603. The molecular formula is C76H148O17P2. The summed E-state index contributed by atoms with van der Waals surface area (Å²) in [6, 6.07) is 0. The molecule has 2 unspecified atom stereocenters. The topological polar surface area (TPSA) is 237 Å². The maximum Gasteiger partial charge on any atom is 0.472 e. The lowest BCUT2D eigenvalue weighted by Gasteiger charge is -2.21. The Morgan fingerprint density at radius 3 is 0.716 bits per heavy atom. The van der Waals surface area contributed by atoms with Crippen LogP contribution in [0.3, 0.4) is 0 Å². The fourth-order valence-corrected chi connectivity index (χ4v) is 13.2. The van der Waals surface area contributed by atoms with Crippen LogP contribution in [0, 0.1) is 11.8 Å². The number of aliphatic hydroxyl groups is 1. The van der Waals surface area contributed by atoms with E-state index in [1.54, 1.807) is 0 Å². The predicted octanol–water partition coefficient (Wildman–Crippen LogP) is 22.3. The maximum atomic E-state index is 13.1. The molecule has 17 nitrogen and oxygen atoms in total. The van der Waals surface area contributed by atoms with Gasteiger partial charge in [0.25, 0.3) is 0 Å². The third kappa shape index (κ3) is 70.3. The SMILES string of the molecule is CCCCCCCCCCCCCCCCCCC(=O)O[C@H](COC(=O)CCCCCCCCCCCCC(C)C)COP(=O)(O)OC[C@@H](O)COP(=O)(O)OC[C@@H](COC(=O)CCCCCCCCCCCCCCC)OC(=O)CCCCCCCCCCCCC(C)C. The molecule has 564 valence electrons. The number of hydrogen-bond donors (Lipinski definition) is 3. The Bertz CT molecular complexity index is 1840. The summed E-state index contributed by atoms with van der Waals surface area (Å²) in [5, 5.41) is 10.6. The smallest absolute Gasteiger partial charge is 0.462 e. The lowest BCUT2D eigenvalue weighted by atomic mass is 10.0. The number of aliphatic hydroxyl groups excluding tert-OH is 1. The van der Waals surface area contributed by atoms with Crippen LogP contribution < -0.4 is 0 Å². The zero-order valence-corrected chi connectivity index (χ0v) is 63.8. The van der Waals surface area contributed by atoms with E-state index in [-0.39, 0.29) is 25.7 Å². The van der Waals surface area contributed by atoms with E-state index in [0.29, 0.717) is 25.7 Å². The third-order valence-electron chi connectivity index (χ3n) is 17.7. The Kier molecular flexibility index (Phi) is 66.5. The van der Waals surface area contributed by atoms with E-state index in [1.807, 2.05) is 0 Å². The fourth-order valence-electron chi connectivity index (χ4n) is 11.7. The molecule has 0 aliphatic heterocycles. The molecule has 0 amide bonds. The Balaban J connectivity index is 5.26. The van der Waals surface area contributed by atoms with Crippen LogP contribution in [0.1, 0.15) is 395 Å². The van der Waals surface area contributed by atoms with Gasteiger partial charge < -0.3 is 33.8 Å². The second-order valence-electron chi connectivity index (χ2n) is 28.3. The zero-order chi connectivity index (χ0) is 70.0. The number of carbonyl (C=O) groups excluding carboxylic acids is 4. The van der Waals surface area contributed by atoms with Gasteiger partial charge in [0, 0.05) is 25.7 Å². The summed E-state index contributed by atoms with van der Waals surface area (Å²) in [5.41, 5.74) is 0. The van der Waals surface area contributed by atoms with E-state index in [4.69, 9.17) is 37.0 Å². The number of phosphoric ester groups is 2. The van der Waals surface area contributed by atoms with Gasteiger partial charge in [0.15, 0.2) is 12.2 Å². The number of ether oxygens (including phenoxy) is 4. The molecule has 0 aliphatic rings. The van der Waals surface area contributed by atoms with E-state index in [1.165, 1.54) is 212 Å². The first-order chi connectivity index (χ1) is 45.9. The zero-order valence-electron chi connectivity index (χ0n) is 62.0. The van der Waals surface area contributed by atoms with Crippen LogP contribution in [0.5, 0.6) is 0 Å². The van der Waals surface area contributed by atoms with Crippen LogP contribution in [-0.4, -0.2) is 96.7 Å². The lowest BCUT2D eigenvalue weighted by molar-refractivity contribution is -0.161. The minimum absolute atomic E-state index is 0.106. The number of rotatable bonds is 75. The summed E-state index contributed by atoms with van der Waals surface area (Å²) in [4.78, 5) is 72.9. The van der Waals surface area contributed by atoms with Crippen LogP contribution in [0.15, 0.2) is 0 Å². The van der Waals surface area contributed by atoms with Gasteiger partial charge in [-0.25, -0.2) is 9.13 Å². The monoisotopic (exact) mass is 1400 g/mol. The number of hydrogen-bond acceptors (Lipinski definition) is 15. The Hall–Kier alpha value is -1.94. The van der Waals surface area contributed by atoms with E-state index in [2.05, 4.69) is 41.5 Å². The quantitative estimate of drug-likeness (QED) is 0.0222. The molecule has 0 aliphatic carbocycles. The first kappa shape index (κ1) is 93.1. The molecule has 19 heteroatoms. The van der Waals surface area contributed by atoms with Crippen molar-refractivity contribution in [3.05, 3.63) is 0 Å². The molecule has 0 radical (unpaired) electrons. The van der Waals surface area contributed by atoms with Crippen LogP contribution in [0.25, 0.3) is 0 Å². The fraction of sp³-hybridized carbons (Fsp3) is 0.947. The van der Waals surface area contributed by atoms with E-state index < -0.39 is 97.5 Å². The van der Waals surface area contributed by atoms with Gasteiger partial charge >= 0.3 is 39.5 Å². The average molecular weight is 1400 g/mol. The van der Waals surface area contributed by atoms with Crippen molar-refractivity contribution in [2.75, 3.05) is 39.6 Å². The van der Waals surface area contributed by atoms with Gasteiger partial charge in [-0.05, 0) is 37.5 Å². The van der Waals surface area contributed by atoms with E-state index >= 15 is 0 Å². The molecule has 95 heavy (non-hydrogen) atoms. The molecular weight excluding hydrogens is 1250 g/mol. The van der Waals surface area contributed by atoms with Gasteiger partial charge in [0.2, 0.25) is 0 Å². The molecule has 0 aromatic carbocycles. The van der Waals surface area contributed by atoms with Crippen molar-refractivity contribution < 1.29 is 80.2 Å². The summed E-state index contributed by atoms with van der Waals surface area (Å²) in [6.45, 7) is 9.59. The molecule has 3 N–H and O–H groups in total. The predicted molar refractivity (Wildman–Crippen MR) is 386 cm³/mol. The molecule has 5 atom stereocenters. The highest BCUT2D eigenvalue weighted by Crippen LogP contribution is 2.45. The van der Waals surface area contributed by atoms with Gasteiger partial charge in [-0.2, -0.15) is 0 Å². The molecule has 0 fully saturated rings. The van der Waals surface area contributed by atoms with Gasteiger partial charge in [-0.3, -0.25) is 37.3 Å². The third-order valence-corrected chi connectivity index (χ3v) is 19.6. The van der Waals surface area contributed by atoms with Crippen LogP contribution in [-0.2, 0) is 65.4 Å². The Morgan fingerprint density at radius 1 is 0.284 bits per heavy atom. The van der Waals surface area contributed by atoms with Crippen molar-refractivity contribution in [3.63, 3.8) is 0 Å². The van der Waals surface area contributed by atoms with Crippen molar-refractivity contribution in [1.29, 1.82) is 0 Å². The number of unbranched alkanes of at least 4 members (excludes halogenated alkanes) is 45. The lowest BCUT2D eigenvalue weighted by Crippen LogP contribution is -2.30. The molecule has 0 saturated heterocycles. The first-order valence-electron chi connectivity index (χ1n) is 39.5. The van der Waals surface area contributed by atoms with Gasteiger partial charge in [0.1, 0.15) is 19.3 Å². The largest absolute Gasteiger partial charge is 0.472 e. The van der Waals surface area contributed by atoms with E-state index in [9.17, 15) is 43.2 Å². The standard InChI is InChI=1S/C76H148O17P2/c1-7-9-11-13-15-17-19-21-22-23-25-27-36-42-48-54-60-75(80)92-71(65-87-74(79)59-53-47-41-35-30-28-32-38-44-50-56-68(3)4)66-90-94(82,83)88-62-70(77)63-89-95(84,85)91-67-72(93-76(81)61-55-49-43-37-31-29-33-39-45-51-57-69(5)6)64-86-73(78)58-52-46-40-34-26-24-20-18-16-14-12-10-8-2/h68-72,77H,7-67H2,1-6H3,(H,82,83)(H,84,85)/t70-,71-,72-/m1/s1. The van der Waals surface area contributed by atoms with Crippen molar-refractivity contribution in [3.8, 4) is 0 Å². The number of carbonyl (C=O) groups is 4. The maximum absolute atomic E-state index is 13.1. The highest BCUT2D eigenvalue weighted by atomic mass is 31.2. The van der Waals surface area contributed by atoms with E-state index in [0.717, 1.165) is 102 Å². The summed E-state index contributed by atoms with van der Waals surface area (Å²) in [7, 11) is -9.91. The van der Waals surface area contributed by atoms with Gasteiger partial charge in [0.05, 0.1) is 26.4 Å². The minimum Gasteiger partial charge on any atom is -0.462 e. The van der Waals surface area contributed by atoms with Gasteiger partial charge in [-0.15, -0.1) is 0 Å². The van der Waals surface area contributed by atoms with Crippen molar-refractivity contribution in [1.82, 2.24) is 0 Å². The Labute approximate surface area is 581 Å².